The van der Waals surface area contributed by atoms with Crippen molar-refractivity contribution < 1.29 is 23.1 Å². The lowest BCUT2D eigenvalue weighted by Gasteiger charge is -2.08. The van der Waals surface area contributed by atoms with Gasteiger partial charge < -0.3 is 5.11 Å². The van der Waals surface area contributed by atoms with Crippen molar-refractivity contribution in [1.82, 2.24) is 0 Å². The van der Waals surface area contributed by atoms with Crippen LogP contribution in [0.5, 0.6) is 0 Å². The number of rotatable bonds is 1. The highest BCUT2D eigenvalue weighted by molar-refractivity contribution is 6.30. The second-order valence-electron chi connectivity index (χ2n) is 3.06. The van der Waals surface area contributed by atoms with Gasteiger partial charge in [-0.1, -0.05) is 23.4 Å². The summed E-state index contributed by atoms with van der Waals surface area (Å²) in [7, 11) is 0. The summed E-state index contributed by atoms with van der Waals surface area (Å²) >= 11 is 5.56. The lowest BCUT2D eigenvalue weighted by molar-refractivity contribution is -0.138. The zero-order valence-electron chi connectivity index (χ0n) is 8.31. The number of carbonyl (C=O) groups is 1. The highest BCUT2D eigenvalue weighted by Crippen LogP contribution is 2.32. The van der Waals surface area contributed by atoms with Crippen LogP contribution in [0.25, 0.3) is 0 Å². The first-order valence-electron chi connectivity index (χ1n) is 4.38. The monoisotopic (exact) mass is 262 g/mol. The largest absolute Gasteiger partial charge is 0.481 e. The van der Waals surface area contributed by atoms with E-state index >= 15 is 0 Å². The number of carboxylic acid groups (broad SMARTS) is 1. The van der Waals surface area contributed by atoms with Crippen molar-refractivity contribution in [3.05, 3.63) is 34.3 Å². The minimum Gasteiger partial charge on any atom is -0.481 e. The zero-order chi connectivity index (χ0) is 13.1. The van der Waals surface area contributed by atoms with Crippen LogP contribution in [-0.2, 0) is 11.0 Å². The SMILES string of the molecule is O=C(O)CC#Cc1cc(Cl)ccc1C(F)(F)F. The Bertz CT molecular complexity index is 498. The molecule has 0 aliphatic rings. The Balaban J connectivity index is 3.15. The minimum atomic E-state index is -4.54. The molecule has 1 aromatic carbocycles. The molecule has 0 saturated carbocycles. The van der Waals surface area contributed by atoms with Crippen molar-refractivity contribution >= 4 is 17.6 Å². The fraction of sp³-hybridized carbons (Fsp3) is 0.182. The van der Waals surface area contributed by atoms with Crippen molar-refractivity contribution in [1.29, 1.82) is 0 Å². The maximum absolute atomic E-state index is 12.5. The van der Waals surface area contributed by atoms with E-state index in [4.69, 9.17) is 16.7 Å². The summed E-state index contributed by atoms with van der Waals surface area (Å²) in [6.07, 6.45) is -5.07. The van der Waals surface area contributed by atoms with Crippen molar-refractivity contribution in [2.24, 2.45) is 0 Å². The van der Waals surface area contributed by atoms with Crippen molar-refractivity contribution in [3.8, 4) is 11.8 Å². The summed E-state index contributed by atoms with van der Waals surface area (Å²) in [5, 5.41) is 8.43. The Morgan fingerprint density at radius 2 is 2.06 bits per heavy atom. The predicted molar refractivity (Wildman–Crippen MR) is 55.6 cm³/mol. The van der Waals surface area contributed by atoms with Gasteiger partial charge in [-0.05, 0) is 18.2 Å². The Morgan fingerprint density at radius 3 is 2.59 bits per heavy atom. The third kappa shape index (κ3) is 4.00. The molecular formula is C11H6ClF3O2. The van der Waals surface area contributed by atoms with E-state index in [9.17, 15) is 18.0 Å². The van der Waals surface area contributed by atoms with Crippen molar-refractivity contribution in [2.45, 2.75) is 12.6 Å². The minimum absolute atomic E-state index is 0.109. The van der Waals surface area contributed by atoms with Gasteiger partial charge in [0.15, 0.2) is 0 Å². The van der Waals surface area contributed by atoms with Crippen LogP contribution in [-0.4, -0.2) is 11.1 Å². The summed E-state index contributed by atoms with van der Waals surface area (Å²) < 4.78 is 37.6. The van der Waals surface area contributed by atoms with Gasteiger partial charge in [0.1, 0.15) is 6.42 Å². The van der Waals surface area contributed by atoms with Gasteiger partial charge in [0.25, 0.3) is 0 Å². The van der Waals surface area contributed by atoms with Crippen LogP contribution in [0.2, 0.25) is 5.02 Å². The van der Waals surface area contributed by atoms with Gasteiger partial charge in [-0.25, -0.2) is 0 Å². The summed E-state index contributed by atoms with van der Waals surface area (Å²) in [5.74, 6) is 3.09. The van der Waals surface area contributed by atoms with E-state index in [1.165, 1.54) is 0 Å². The second-order valence-corrected chi connectivity index (χ2v) is 3.50. The molecule has 6 heteroatoms. The average Bonchev–Trinajstić information content (AvgIpc) is 2.15. The molecule has 1 rings (SSSR count). The van der Waals surface area contributed by atoms with E-state index < -0.39 is 24.1 Å². The number of halogens is 4. The smallest absolute Gasteiger partial charge is 0.417 e. The van der Waals surface area contributed by atoms with Crippen LogP contribution in [0.3, 0.4) is 0 Å². The van der Waals surface area contributed by atoms with E-state index in [-0.39, 0.29) is 10.6 Å². The van der Waals surface area contributed by atoms with Gasteiger partial charge in [-0.3, -0.25) is 4.79 Å². The number of benzene rings is 1. The van der Waals surface area contributed by atoms with Gasteiger partial charge in [-0.15, -0.1) is 0 Å². The van der Waals surface area contributed by atoms with Crippen LogP contribution >= 0.6 is 11.6 Å². The number of hydrogen-bond donors (Lipinski definition) is 1. The Kier molecular flexibility index (Phi) is 4.02. The number of hydrogen-bond acceptors (Lipinski definition) is 1. The highest BCUT2D eigenvalue weighted by atomic mass is 35.5. The molecule has 0 aliphatic heterocycles. The zero-order valence-corrected chi connectivity index (χ0v) is 9.06. The molecule has 2 nitrogen and oxygen atoms in total. The first-order valence-corrected chi connectivity index (χ1v) is 4.76. The van der Waals surface area contributed by atoms with Crippen LogP contribution in [0.4, 0.5) is 13.2 Å². The Hall–Kier alpha value is -1.67. The van der Waals surface area contributed by atoms with E-state index in [0.717, 1.165) is 18.2 Å². The van der Waals surface area contributed by atoms with E-state index in [1.807, 2.05) is 0 Å². The molecule has 0 radical (unpaired) electrons. The van der Waals surface area contributed by atoms with Crippen LogP contribution < -0.4 is 0 Å². The lowest BCUT2D eigenvalue weighted by atomic mass is 10.1. The van der Waals surface area contributed by atoms with Crippen LogP contribution in [0, 0.1) is 11.8 Å². The van der Waals surface area contributed by atoms with E-state index in [2.05, 4.69) is 11.8 Å². The molecule has 0 bridgehead atoms. The molecule has 1 N–H and O–H groups in total. The van der Waals surface area contributed by atoms with Crippen molar-refractivity contribution in [3.63, 3.8) is 0 Å². The average molecular weight is 263 g/mol. The second kappa shape index (κ2) is 5.11. The standard InChI is InChI=1S/C11H6ClF3O2/c12-8-4-5-9(11(13,14)15)7(6-8)2-1-3-10(16)17/h4-6H,3H2,(H,16,17). The molecule has 0 aliphatic carbocycles. The quantitative estimate of drug-likeness (QED) is 0.789. The molecule has 90 valence electrons. The Morgan fingerprint density at radius 1 is 1.41 bits per heavy atom. The summed E-state index contributed by atoms with van der Waals surface area (Å²) in [5.41, 5.74) is -1.26. The Labute approximate surface area is 100 Å². The third-order valence-electron chi connectivity index (χ3n) is 1.75. The normalized spacial score (nSPS) is 10.6. The fourth-order valence-corrected chi connectivity index (χ4v) is 1.25. The number of carboxylic acids is 1. The molecule has 0 heterocycles. The first kappa shape index (κ1) is 13.4. The van der Waals surface area contributed by atoms with Crippen molar-refractivity contribution in [2.75, 3.05) is 0 Å². The van der Waals surface area contributed by atoms with Gasteiger partial charge in [-0.2, -0.15) is 13.2 Å². The summed E-state index contributed by atoms with van der Waals surface area (Å²) in [6, 6.07) is 2.97. The third-order valence-corrected chi connectivity index (χ3v) is 1.98. The number of alkyl halides is 3. The summed E-state index contributed by atoms with van der Waals surface area (Å²) in [6.45, 7) is 0. The van der Waals surface area contributed by atoms with Crippen LogP contribution in [0.1, 0.15) is 17.5 Å². The van der Waals surface area contributed by atoms with Gasteiger partial charge in [0.05, 0.1) is 5.56 Å². The molecule has 0 spiro atoms. The molecule has 0 fully saturated rings. The fourth-order valence-electron chi connectivity index (χ4n) is 1.08. The summed E-state index contributed by atoms with van der Waals surface area (Å²) in [4.78, 5) is 10.2. The molecule has 17 heavy (non-hydrogen) atoms. The topological polar surface area (TPSA) is 37.3 Å². The van der Waals surface area contributed by atoms with Crippen LogP contribution in [0.15, 0.2) is 18.2 Å². The van der Waals surface area contributed by atoms with E-state index in [0.29, 0.717) is 0 Å². The number of aliphatic carboxylic acids is 1. The maximum Gasteiger partial charge on any atom is 0.417 e. The lowest BCUT2D eigenvalue weighted by Crippen LogP contribution is -2.07. The molecule has 0 amide bonds. The predicted octanol–water partition coefficient (Wildman–Crippen LogP) is 3.19. The molecule has 0 saturated heterocycles. The van der Waals surface area contributed by atoms with Gasteiger partial charge in [0.2, 0.25) is 0 Å². The highest BCUT2D eigenvalue weighted by Gasteiger charge is 2.32. The maximum atomic E-state index is 12.5. The molecular weight excluding hydrogens is 257 g/mol. The van der Waals surface area contributed by atoms with E-state index in [1.54, 1.807) is 0 Å². The molecule has 0 atom stereocenters. The first-order chi connectivity index (χ1) is 7.80. The van der Waals surface area contributed by atoms with Gasteiger partial charge >= 0.3 is 12.1 Å². The molecule has 0 unspecified atom stereocenters. The molecule has 0 aromatic heterocycles. The molecule has 1 aromatic rings. The van der Waals surface area contributed by atoms with Gasteiger partial charge in [0, 0.05) is 10.6 Å².